The summed E-state index contributed by atoms with van der Waals surface area (Å²) in [6, 6.07) is 14.4. The minimum Gasteiger partial charge on any atom is -0.412 e. The van der Waals surface area contributed by atoms with Crippen molar-refractivity contribution in [3.8, 4) is 0 Å². The molecule has 0 bridgehead atoms. The Bertz CT molecular complexity index is 732. The smallest absolute Gasteiger partial charge is 0.159 e. The summed E-state index contributed by atoms with van der Waals surface area (Å²) in [6.07, 6.45) is 6.99. The molecule has 0 aliphatic carbocycles. The first-order chi connectivity index (χ1) is 11.2. The molecular formula is C20H22ClF2NO. The molecule has 0 radical (unpaired) electrons. The quantitative estimate of drug-likeness (QED) is 0.790. The molecule has 0 atom stereocenters. The number of halogens is 3. The van der Waals surface area contributed by atoms with Crippen LogP contribution in [0.5, 0.6) is 0 Å². The molecule has 25 heavy (non-hydrogen) atoms. The fourth-order valence-electron chi connectivity index (χ4n) is 2.68. The van der Waals surface area contributed by atoms with Gasteiger partial charge in [0, 0.05) is 19.6 Å². The van der Waals surface area contributed by atoms with Gasteiger partial charge in [0.15, 0.2) is 11.6 Å². The normalized spacial score (nSPS) is 14.6. The van der Waals surface area contributed by atoms with E-state index >= 15 is 0 Å². The van der Waals surface area contributed by atoms with Gasteiger partial charge in [-0.05, 0) is 35.3 Å². The summed E-state index contributed by atoms with van der Waals surface area (Å²) in [5.41, 5.74) is 3.23. The molecule has 0 saturated heterocycles. The third-order valence-electron chi connectivity index (χ3n) is 4.01. The molecule has 1 heterocycles. The number of nitrogens with zero attached hydrogens (tertiary/aromatic N) is 1. The molecule has 3 rings (SSSR count). The highest BCUT2D eigenvalue weighted by Gasteiger charge is 2.10. The standard InChI is InChI=1S/C20H19F2N.ClH.H2O/c21-19-9-8-17(14-20(19)22)7-6-16-10-12-23(13-11-16)15-18-4-2-1-3-5-18;;/h1-10,14H,11-13,15H2;1H;1H2/b7-6+;;. The first kappa shape index (κ1) is 21.0. The Kier molecular flexibility index (Phi) is 8.49. The number of hydrogen-bond acceptors (Lipinski definition) is 1. The maximum atomic E-state index is 13.2. The van der Waals surface area contributed by atoms with E-state index in [-0.39, 0.29) is 17.9 Å². The fourth-order valence-corrected chi connectivity index (χ4v) is 2.68. The van der Waals surface area contributed by atoms with E-state index in [9.17, 15) is 8.78 Å². The molecule has 0 spiro atoms. The average Bonchev–Trinajstić information content (AvgIpc) is 2.58. The number of benzene rings is 2. The highest BCUT2D eigenvalue weighted by Crippen LogP contribution is 2.17. The summed E-state index contributed by atoms with van der Waals surface area (Å²) in [5, 5.41) is 0. The van der Waals surface area contributed by atoms with Crippen LogP contribution < -0.4 is 0 Å². The Balaban J connectivity index is 0.00000156. The minimum atomic E-state index is -0.810. The lowest BCUT2D eigenvalue weighted by Gasteiger charge is -2.25. The fraction of sp³-hybridized carbons (Fsp3) is 0.200. The van der Waals surface area contributed by atoms with Crippen LogP contribution in [0.1, 0.15) is 17.5 Å². The van der Waals surface area contributed by atoms with Crippen molar-refractivity contribution in [2.24, 2.45) is 0 Å². The van der Waals surface area contributed by atoms with Crippen LogP contribution in [0.15, 0.2) is 66.3 Å². The molecule has 0 unspecified atom stereocenters. The van der Waals surface area contributed by atoms with Crippen LogP contribution in [-0.2, 0) is 6.54 Å². The molecule has 0 fully saturated rings. The molecule has 134 valence electrons. The first-order valence-electron chi connectivity index (χ1n) is 7.79. The second kappa shape index (κ2) is 10.1. The van der Waals surface area contributed by atoms with Crippen LogP contribution in [0, 0.1) is 11.6 Å². The first-order valence-corrected chi connectivity index (χ1v) is 7.79. The van der Waals surface area contributed by atoms with Crippen molar-refractivity contribution >= 4 is 18.5 Å². The van der Waals surface area contributed by atoms with Crippen LogP contribution >= 0.6 is 12.4 Å². The lowest BCUT2D eigenvalue weighted by molar-refractivity contribution is 0.287. The second-order valence-electron chi connectivity index (χ2n) is 5.76. The summed E-state index contributed by atoms with van der Waals surface area (Å²) >= 11 is 0. The monoisotopic (exact) mass is 365 g/mol. The van der Waals surface area contributed by atoms with Crippen molar-refractivity contribution in [1.82, 2.24) is 4.90 Å². The van der Waals surface area contributed by atoms with Gasteiger partial charge in [-0.2, -0.15) is 0 Å². The molecule has 2 aromatic carbocycles. The Morgan fingerprint density at radius 3 is 2.36 bits per heavy atom. The molecule has 0 saturated carbocycles. The number of rotatable bonds is 4. The highest BCUT2D eigenvalue weighted by atomic mass is 35.5. The summed E-state index contributed by atoms with van der Waals surface area (Å²) in [5.74, 6) is -1.62. The van der Waals surface area contributed by atoms with Gasteiger partial charge in [-0.1, -0.05) is 54.6 Å². The average molecular weight is 366 g/mol. The van der Waals surface area contributed by atoms with Gasteiger partial charge in [-0.25, -0.2) is 8.78 Å². The minimum absolute atomic E-state index is 0. The summed E-state index contributed by atoms with van der Waals surface area (Å²) < 4.78 is 26.1. The zero-order valence-corrected chi connectivity index (χ0v) is 14.6. The Labute approximate surface area is 153 Å². The van der Waals surface area contributed by atoms with Gasteiger partial charge in [-0.3, -0.25) is 4.90 Å². The molecule has 1 aliphatic rings. The summed E-state index contributed by atoms with van der Waals surface area (Å²) in [4.78, 5) is 2.39. The van der Waals surface area contributed by atoms with Gasteiger partial charge in [0.25, 0.3) is 0 Å². The van der Waals surface area contributed by atoms with E-state index in [0.29, 0.717) is 5.56 Å². The van der Waals surface area contributed by atoms with Crippen LogP contribution in [-0.4, -0.2) is 23.5 Å². The Hall–Kier alpha value is -2.01. The van der Waals surface area contributed by atoms with Gasteiger partial charge >= 0.3 is 0 Å². The third-order valence-corrected chi connectivity index (χ3v) is 4.01. The van der Waals surface area contributed by atoms with Crippen molar-refractivity contribution in [1.29, 1.82) is 0 Å². The van der Waals surface area contributed by atoms with Crippen molar-refractivity contribution in [3.63, 3.8) is 0 Å². The Morgan fingerprint density at radius 2 is 1.72 bits per heavy atom. The van der Waals surface area contributed by atoms with Crippen LogP contribution in [0.2, 0.25) is 0 Å². The maximum Gasteiger partial charge on any atom is 0.159 e. The number of hydrogen-bond donors (Lipinski definition) is 0. The van der Waals surface area contributed by atoms with Gasteiger partial charge in [-0.15, -0.1) is 12.4 Å². The van der Waals surface area contributed by atoms with E-state index in [1.165, 1.54) is 17.2 Å². The van der Waals surface area contributed by atoms with Gasteiger partial charge in [0.2, 0.25) is 0 Å². The SMILES string of the molecule is Cl.Fc1ccc(/C=C/C2=CCN(Cc3ccccc3)CC2)cc1F.O. The zero-order chi connectivity index (χ0) is 16.1. The van der Waals surface area contributed by atoms with Crippen LogP contribution in [0.3, 0.4) is 0 Å². The van der Waals surface area contributed by atoms with Crippen molar-refractivity contribution in [2.75, 3.05) is 13.1 Å². The molecule has 5 heteroatoms. The molecule has 2 aromatic rings. The zero-order valence-electron chi connectivity index (χ0n) is 13.8. The van der Waals surface area contributed by atoms with Crippen molar-refractivity contribution in [3.05, 3.63) is 89.0 Å². The Morgan fingerprint density at radius 1 is 0.960 bits per heavy atom. The second-order valence-corrected chi connectivity index (χ2v) is 5.76. The van der Waals surface area contributed by atoms with Crippen LogP contribution in [0.25, 0.3) is 6.08 Å². The van der Waals surface area contributed by atoms with E-state index in [2.05, 4.69) is 35.2 Å². The van der Waals surface area contributed by atoms with E-state index in [1.807, 2.05) is 18.2 Å². The van der Waals surface area contributed by atoms with E-state index in [4.69, 9.17) is 0 Å². The van der Waals surface area contributed by atoms with E-state index in [0.717, 1.165) is 32.1 Å². The maximum absolute atomic E-state index is 13.2. The molecule has 2 N–H and O–H groups in total. The lowest BCUT2D eigenvalue weighted by atomic mass is 10.1. The molecule has 0 amide bonds. The van der Waals surface area contributed by atoms with E-state index in [1.54, 1.807) is 6.07 Å². The van der Waals surface area contributed by atoms with Crippen molar-refractivity contribution in [2.45, 2.75) is 13.0 Å². The predicted molar refractivity (Wildman–Crippen MR) is 101 cm³/mol. The van der Waals surface area contributed by atoms with E-state index < -0.39 is 11.6 Å². The molecule has 1 aliphatic heterocycles. The topological polar surface area (TPSA) is 34.7 Å². The lowest BCUT2D eigenvalue weighted by Crippen LogP contribution is -2.27. The molecule has 2 nitrogen and oxygen atoms in total. The largest absolute Gasteiger partial charge is 0.412 e. The molecular weight excluding hydrogens is 344 g/mol. The highest BCUT2D eigenvalue weighted by molar-refractivity contribution is 5.85. The number of allylic oxidation sites excluding steroid dienone is 1. The van der Waals surface area contributed by atoms with Gasteiger partial charge in [0.05, 0.1) is 0 Å². The third kappa shape index (κ3) is 6.09. The van der Waals surface area contributed by atoms with Crippen LogP contribution in [0.4, 0.5) is 8.78 Å². The predicted octanol–water partition coefficient (Wildman–Crippen LogP) is 4.41. The molecule has 0 aromatic heterocycles. The van der Waals surface area contributed by atoms with Gasteiger partial charge in [0.1, 0.15) is 0 Å². The van der Waals surface area contributed by atoms with Gasteiger partial charge < -0.3 is 5.48 Å². The van der Waals surface area contributed by atoms with Crippen molar-refractivity contribution < 1.29 is 14.3 Å². The summed E-state index contributed by atoms with van der Waals surface area (Å²) in [6.45, 7) is 2.87. The summed E-state index contributed by atoms with van der Waals surface area (Å²) in [7, 11) is 0.